The SMILES string of the molecule is CC(C)OC(=O)[C@H](CCC(=O)OCc1ccccc1)NC(=O)[C@H](Cc1c[nH]c2ccccc12)NC(=O)OCc1ccccc1. The van der Waals surface area contributed by atoms with Gasteiger partial charge in [0.2, 0.25) is 5.91 Å². The Labute approximate surface area is 256 Å². The van der Waals surface area contributed by atoms with Crippen molar-refractivity contribution in [1.29, 1.82) is 0 Å². The summed E-state index contributed by atoms with van der Waals surface area (Å²) in [6.45, 7) is 3.49. The molecule has 0 unspecified atom stereocenters. The van der Waals surface area contributed by atoms with E-state index in [-0.39, 0.29) is 32.5 Å². The molecule has 0 aliphatic heterocycles. The molecule has 10 nitrogen and oxygen atoms in total. The standard InChI is InChI=1S/C34H37N3O7/c1-23(2)44-33(40)29(17-18-31(38)42-21-24-11-5-3-6-12-24)36-32(39)30(19-26-20-35-28-16-10-9-15-27(26)28)37-34(41)43-22-25-13-7-4-8-14-25/h3-16,20,23,29-30,35H,17-19,21-22H2,1-2H3,(H,36,39)(H,37,41)/t29-,30-/m0/s1. The van der Waals surface area contributed by atoms with Gasteiger partial charge in [-0.05, 0) is 43.0 Å². The van der Waals surface area contributed by atoms with Gasteiger partial charge in [0, 0.05) is 29.9 Å². The van der Waals surface area contributed by atoms with Gasteiger partial charge in [0.15, 0.2) is 0 Å². The van der Waals surface area contributed by atoms with Crippen molar-refractivity contribution in [3.8, 4) is 0 Å². The lowest BCUT2D eigenvalue weighted by molar-refractivity contribution is -0.152. The second-order valence-electron chi connectivity index (χ2n) is 10.6. The molecule has 4 rings (SSSR count). The van der Waals surface area contributed by atoms with Gasteiger partial charge in [-0.1, -0.05) is 78.9 Å². The van der Waals surface area contributed by atoms with Crippen molar-refractivity contribution in [3.05, 3.63) is 108 Å². The Morgan fingerprint density at radius 3 is 2.02 bits per heavy atom. The highest BCUT2D eigenvalue weighted by molar-refractivity contribution is 5.91. The summed E-state index contributed by atoms with van der Waals surface area (Å²) in [5.41, 5.74) is 3.28. The maximum absolute atomic E-state index is 13.7. The predicted molar refractivity (Wildman–Crippen MR) is 164 cm³/mol. The molecule has 0 fully saturated rings. The molecule has 0 aliphatic carbocycles. The number of alkyl carbamates (subject to hydrolysis) is 1. The van der Waals surface area contributed by atoms with Crippen LogP contribution in [0.1, 0.15) is 43.4 Å². The first kappa shape index (κ1) is 31.8. The molecule has 230 valence electrons. The minimum Gasteiger partial charge on any atom is -0.461 e. The number of aromatic nitrogens is 1. The largest absolute Gasteiger partial charge is 0.461 e. The molecule has 0 spiro atoms. The normalized spacial score (nSPS) is 12.2. The number of esters is 2. The summed E-state index contributed by atoms with van der Waals surface area (Å²) in [6, 6.07) is 23.7. The van der Waals surface area contributed by atoms with E-state index in [4.69, 9.17) is 14.2 Å². The maximum atomic E-state index is 13.7. The van der Waals surface area contributed by atoms with Gasteiger partial charge in [0.1, 0.15) is 25.3 Å². The number of amides is 2. The first-order chi connectivity index (χ1) is 21.3. The number of hydrogen-bond donors (Lipinski definition) is 3. The zero-order valence-corrected chi connectivity index (χ0v) is 24.8. The average molecular weight is 600 g/mol. The number of para-hydroxylation sites is 1. The fraction of sp³-hybridized carbons (Fsp3) is 0.294. The van der Waals surface area contributed by atoms with Gasteiger partial charge in [-0.25, -0.2) is 9.59 Å². The number of ether oxygens (including phenoxy) is 3. The molecule has 4 aromatic rings. The van der Waals surface area contributed by atoms with Gasteiger partial charge in [0.05, 0.1) is 6.10 Å². The van der Waals surface area contributed by atoms with Crippen LogP contribution in [-0.2, 0) is 48.2 Å². The van der Waals surface area contributed by atoms with Crippen LogP contribution in [-0.4, -0.2) is 47.1 Å². The highest BCUT2D eigenvalue weighted by Gasteiger charge is 2.30. The molecule has 1 aromatic heterocycles. The number of carbonyl (C=O) groups excluding carboxylic acids is 4. The third kappa shape index (κ3) is 9.72. The van der Waals surface area contributed by atoms with Crippen LogP contribution in [0.25, 0.3) is 10.9 Å². The number of hydrogen-bond acceptors (Lipinski definition) is 7. The number of H-pyrrole nitrogens is 1. The quantitative estimate of drug-likeness (QED) is 0.138. The molecule has 1 heterocycles. The fourth-order valence-corrected chi connectivity index (χ4v) is 4.54. The van der Waals surface area contributed by atoms with Gasteiger partial charge in [0.25, 0.3) is 0 Å². The van der Waals surface area contributed by atoms with E-state index in [2.05, 4.69) is 15.6 Å². The van der Waals surface area contributed by atoms with E-state index in [1.165, 1.54) is 0 Å². The van der Waals surface area contributed by atoms with Crippen molar-refractivity contribution in [1.82, 2.24) is 15.6 Å². The smallest absolute Gasteiger partial charge is 0.408 e. The number of carbonyl (C=O) groups is 4. The van der Waals surface area contributed by atoms with Crippen molar-refractivity contribution in [2.75, 3.05) is 0 Å². The molecule has 0 bridgehead atoms. The van der Waals surface area contributed by atoms with E-state index in [1.807, 2.05) is 84.9 Å². The van der Waals surface area contributed by atoms with Gasteiger partial charge in [-0.15, -0.1) is 0 Å². The second kappa shape index (κ2) is 15.9. The van der Waals surface area contributed by atoms with Crippen LogP contribution in [0.3, 0.4) is 0 Å². The van der Waals surface area contributed by atoms with E-state index in [9.17, 15) is 19.2 Å². The Bertz CT molecular complexity index is 1540. The Kier molecular flexibility index (Phi) is 11.5. The van der Waals surface area contributed by atoms with E-state index in [0.29, 0.717) is 0 Å². The summed E-state index contributed by atoms with van der Waals surface area (Å²) in [5, 5.41) is 6.23. The summed E-state index contributed by atoms with van der Waals surface area (Å²) < 4.78 is 16.1. The minimum atomic E-state index is -1.15. The molecule has 10 heteroatoms. The molecule has 2 atom stereocenters. The molecule has 3 aromatic carbocycles. The highest BCUT2D eigenvalue weighted by Crippen LogP contribution is 2.19. The zero-order chi connectivity index (χ0) is 31.3. The van der Waals surface area contributed by atoms with E-state index in [0.717, 1.165) is 27.6 Å². The van der Waals surface area contributed by atoms with Gasteiger partial charge in [-0.3, -0.25) is 9.59 Å². The Hall–Kier alpha value is -5.12. The number of rotatable bonds is 14. The predicted octanol–water partition coefficient (Wildman–Crippen LogP) is 4.97. The van der Waals surface area contributed by atoms with E-state index < -0.39 is 42.1 Å². The first-order valence-corrected chi connectivity index (χ1v) is 14.5. The molecule has 0 saturated carbocycles. The summed E-state index contributed by atoms with van der Waals surface area (Å²) >= 11 is 0. The first-order valence-electron chi connectivity index (χ1n) is 14.5. The van der Waals surface area contributed by atoms with Gasteiger partial charge < -0.3 is 29.8 Å². The van der Waals surface area contributed by atoms with Crippen LogP contribution < -0.4 is 10.6 Å². The Morgan fingerprint density at radius 1 is 0.750 bits per heavy atom. The molecular formula is C34H37N3O7. The lowest BCUT2D eigenvalue weighted by Gasteiger charge is -2.23. The van der Waals surface area contributed by atoms with Crippen molar-refractivity contribution < 1.29 is 33.4 Å². The maximum Gasteiger partial charge on any atom is 0.408 e. The summed E-state index contributed by atoms with van der Waals surface area (Å²) in [5.74, 6) is -1.85. The lowest BCUT2D eigenvalue weighted by atomic mass is 10.0. The third-order valence-corrected chi connectivity index (χ3v) is 6.75. The zero-order valence-electron chi connectivity index (χ0n) is 24.8. The second-order valence-corrected chi connectivity index (χ2v) is 10.6. The number of aromatic amines is 1. The van der Waals surface area contributed by atoms with Gasteiger partial charge >= 0.3 is 18.0 Å². The van der Waals surface area contributed by atoms with E-state index in [1.54, 1.807) is 20.0 Å². The molecule has 0 aliphatic rings. The average Bonchev–Trinajstić information content (AvgIpc) is 3.44. The molecule has 0 saturated heterocycles. The minimum absolute atomic E-state index is 0.0164. The van der Waals surface area contributed by atoms with Gasteiger partial charge in [-0.2, -0.15) is 0 Å². The number of nitrogens with one attached hydrogen (secondary N) is 3. The van der Waals surface area contributed by atoms with Crippen LogP contribution in [0.5, 0.6) is 0 Å². The molecular weight excluding hydrogens is 562 g/mol. The van der Waals surface area contributed by atoms with E-state index >= 15 is 0 Å². The Balaban J connectivity index is 1.45. The van der Waals surface area contributed by atoms with Crippen molar-refractivity contribution in [2.24, 2.45) is 0 Å². The lowest BCUT2D eigenvalue weighted by Crippen LogP contribution is -2.53. The summed E-state index contributed by atoms with van der Waals surface area (Å²) in [6.07, 6.45) is 0.462. The van der Waals surface area contributed by atoms with Crippen LogP contribution in [0.4, 0.5) is 4.79 Å². The fourth-order valence-electron chi connectivity index (χ4n) is 4.54. The van der Waals surface area contributed by atoms with Crippen LogP contribution in [0, 0.1) is 0 Å². The van der Waals surface area contributed by atoms with Crippen molar-refractivity contribution in [3.63, 3.8) is 0 Å². The molecule has 3 N–H and O–H groups in total. The molecule has 2 amide bonds. The van der Waals surface area contributed by atoms with Crippen molar-refractivity contribution in [2.45, 2.75) is 64.5 Å². The van der Waals surface area contributed by atoms with Crippen molar-refractivity contribution >= 4 is 34.8 Å². The third-order valence-electron chi connectivity index (χ3n) is 6.75. The molecule has 0 radical (unpaired) electrons. The van der Waals surface area contributed by atoms with Crippen LogP contribution in [0.2, 0.25) is 0 Å². The topological polar surface area (TPSA) is 136 Å². The van der Waals surface area contributed by atoms with Crippen LogP contribution >= 0.6 is 0 Å². The monoisotopic (exact) mass is 599 g/mol. The summed E-state index contributed by atoms with van der Waals surface area (Å²) in [4.78, 5) is 55.1. The number of fused-ring (bicyclic) bond motifs is 1. The molecule has 44 heavy (non-hydrogen) atoms. The van der Waals surface area contributed by atoms with Crippen LogP contribution in [0.15, 0.2) is 91.1 Å². The highest BCUT2D eigenvalue weighted by atomic mass is 16.6. The number of benzene rings is 3. The summed E-state index contributed by atoms with van der Waals surface area (Å²) in [7, 11) is 0. The Morgan fingerprint density at radius 2 is 1.36 bits per heavy atom.